The highest BCUT2D eigenvalue weighted by atomic mass is 32.2. The van der Waals surface area contributed by atoms with Gasteiger partial charge in [0.05, 0.1) is 42.7 Å². The van der Waals surface area contributed by atoms with Crippen LogP contribution >= 0.6 is 11.8 Å². The minimum atomic E-state index is -1.61. The van der Waals surface area contributed by atoms with Crippen molar-refractivity contribution in [3.05, 3.63) is 35.9 Å². The molecule has 4 N–H and O–H groups in total. The van der Waals surface area contributed by atoms with Crippen molar-refractivity contribution in [3.63, 3.8) is 0 Å². The second-order valence-electron chi connectivity index (χ2n) is 18.5. The topological polar surface area (TPSA) is 178 Å². The van der Waals surface area contributed by atoms with E-state index in [1.54, 1.807) is 54.1 Å². The van der Waals surface area contributed by atoms with Gasteiger partial charge in [-0.3, -0.25) is 24.1 Å². The minimum Gasteiger partial charge on any atom is -0.480 e. The number of nitrogens with one attached hydrogen (secondary N) is 2. The number of carbonyl (C=O) groups excluding carboxylic acids is 4. The van der Waals surface area contributed by atoms with Crippen LogP contribution in [0.4, 0.5) is 0 Å². The van der Waals surface area contributed by atoms with Gasteiger partial charge in [0.15, 0.2) is 6.04 Å². The Bertz CT molecular complexity index is 1560. The highest BCUT2D eigenvalue weighted by molar-refractivity contribution is 8.01. The third kappa shape index (κ3) is 14.9. The molecule has 0 bridgehead atoms. The molecule has 0 unspecified atom stereocenters. The van der Waals surface area contributed by atoms with Gasteiger partial charge >= 0.3 is 5.97 Å². The fourth-order valence-corrected chi connectivity index (χ4v) is 10.6. The molecule has 0 saturated carbocycles. The van der Waals surface area contributed by atoms with E-state index in [-0.39, 0.29) is 46.6 Å². The second-order valence-corrected chi connectivity index (χ2v) is 20.8. The lowest BCUT2D eigenvalue weighted by Crippen LogP contribution is -2.60. The van der Waals surface area contributed by atoms with Gasteiger partial charge in [-0.15, -0.1) is 0 Å². The maximum Gasteiger partial charge on any atom is 0.329 e. The zero-order valence-corrected chi connectivity index (χ0v) is 40.5. The lowest BCUT2D eigenvalue weighted by Gasteiger charge is -2.41. The molecule has 2 rings (SSSR count). The van der Waals surface area contributed by atoms with Crippen molar-refractivity contribution < 1.29 is 43.7 Å². The van der Waals surface area contributed by atoms with E-state index in [2.05, 4.69) is 43.2 Å². The zero-order chi connectivity index (χ0) is 46.5. The third-order valence-electron chi connectivity index (χ3n) is 12.1. The molecule has 1 aromatic rings. The predicted molar refractivity (Wildman–Crippen MR) is 242 cm³/mol. The van der Waals surface area contributed by atoms with Crippen LogP contribution in [0.25, 0.3) is 0 Å². The van der Waals surface area contributed by atoms with Crippen molar-refractivity contribution in [3.8, 4) is 0 Å². The van der Waals surface area contributed by atoms with Crippen LogP contribution in [0.1, 0.15) is 114 Å². The fraction of sp³-hybridized carbons (Fsp3) is 0.761. The molecule has 10 atom stereocenters. The number of rotatable bonds is 25. The van der Waals surface area contributed by atoms with Crippen LogP contribution in [-0.2, 0) is 33.4 Å². The molecule has 0 radical (unpaired) electrons. The summed E-state index contributed by atoms with van der Waals surface area (Å²) in [6.45, 7) is 23.3. The van der Waals surface area contributed by atoms with E-state index in [0.29, 0.717) is 43.2 Å². The summed E-state index contributed by atoms with van der Waals surface area (Å²) < 4.78 is 11.8. The van der Waals surface area contributed by atoms with E-state index in [1.165, 1.54) is 14.2 Å². The summed E-state index contributed by atoms with van der Waals surface area (Å²) >= 11 is 1.86. The number of likely N-dealkylation sites (tertiary alicyclic amines) is 1. The Hall–Kier alpha value is -3.24. The number of hydrogen-bond donors (Lipinski definition) is 4. The number of carboxylic acids is 1. The van der Waals surface area contributed by atoms with Crippen molar-refractivity contribution in [2.75, 3.05) is 41.4 Å². The van der Waals surface area contributed by atoms with Gasteiger partial charge in [0.2, 0.25) is 23.6 Å². The first-order chi connectivity index (χ1) is 28.4. The van der Waals surface area contributed by atoms with Gasteiger partial charge in [0.25, 0.3) is 0 Å². The predicted octanol–water partition coefficient (Wildman–Crippen LogP) is 5.23. The molecule has 0 aromatic heterocycles. The molecule has 4 amide bonds. The normalized spacial score (nSPS) is 19.2. The number of aliphatic hydroxyl groups is 1. The van der Waals surface area contributed by atoms with Gasteiger partial charge in [-0.2, -0.15) is 11.8 Å². The Morgan fingerprint density at radius 2 is 1.49 bits per heavy atom. The summed E-state index contributed by atoms with van der Waals surface area (Å²) in [6, 6.07) is 4.35. The number of hydrogen-bond acceptors (Lipinski definition) is 10. The molecule has 15 heteroatoms. The number of nitrogens with zero attached hydrogens (tertiary/aromatic N) is 3. The van der Waals surface area contributed by atoms with Crippen LogP contribution in [0.5, 0.6) is 0 Å². The van der Waals surface area contributed by atoms with Gasteiger partial charge in [-0.05, 0) is 62.3 Å². The molecule has 0 spiro atoms. The maximum absolute atomic E-state index is 14.6. The standard InChI is InChI=1S/C46H79N5O9S/c1-16-30(8)39(50(13)44(56)36(27(2)3)47-43(55)38(28(4)5)49(12)26-46(10,11)61-29(6)7)34(59-14)25-35(52)51-24-20-23-33(51)41(60-15)31(9)42(54)48-37(45(57)58)40(53)32-21-18-17-19-22-32/h17-19,21-22,27-31,33-34,36-41,53H,16,20,23-26H2,1-15H3,(H,47,55)(H,48,54)(H,57,58)/t30-,31+,33-,34+,36-,37-,38-,39-,40-,41+/m0/s1. The molecule has 1 heterocycles. The Morgan fingerprint density at radius 3 is 1.98 bits per heavy atom. The van der Waals surface area contributed by atoms with E-state index >= 15 is 0 Å². The molecule has 1 saturated heterocycles. The number of amides is 4. The molecule has 1 aliphatic rings. The number of thioether (sulfide) groups is 1. The zero-order valence-electron chi connectivity index (χ0n) is 39.6. The lowest BCUT2D eigenvalue weighted by molar-refractivity contribution is -0.149. The number of aliphatic carboxylic acids is 1. The molecule has 14 nitrogen and oxygen atoms in total. The van der Waals surface area contributed by atoms with Crippen molar-refractivity contribution in [1.29, 1.82) is 0 Å². The van der Waals surface area contributed by atoms with Crippen LogP contribution in [-0.4, -0.2) is 148 Å². The summed E-state index contributed by atoms with van der Waals surface area (Å²) in [6.07, 6.45) is -1.11. The molecule has 1 aromatic carbocycles. The molecular formula is C46H79N5O9S. The number of likely N-dealkylation sites (N-methyl/N-ethyl adjacent to an activating group) is 2. The van der Waals surface area contributed by atoms with Gasteiger partial charge in [0.1, 0.15) is 12.1 Å². The van der Waals surface area contributed by atoms with Gasteiger partial charge < -0.3 is 40.1 Å². The van der Waals surface area contributed by atoms with Crippen LogP contribution in [0.2, 0.25) is 0 Å². The number of methoxy groups -OCH3 is 2. The van der Waals surface area contributed by atoms with E-state index in [1.807, 2.05) is 60.4 Å². The molecule has 1 fully saturated rings. The average Bonchev–Trinajstić information content (AvgIpc) is 3.67. The van der Waals surface area contributed by atoms with E-state index in [4.69, 9.17) is 9.47 Å². The summed E-state index contributed by atoms with van der Waals surface area (Å²) in [5, 5.41) is 26.9. The average molecular weight is 878 g/mol. The van der Waals surface area contributed by atoms with Gasteiger partial charge in [-0.25, -0.2) is 4.79 Å². The van der Waals surface area contributed by atoms with Crippen molar-refractivity contribution >= 4 is 41.4 Å². The number of aliphatic hydroxyl groups excluding tert-OH is 1. The SMILES string of the molecule is CC[C@H](C)[C@@H]([C@@H](CC(=O)N1CCC[C@H]1[C@H](OC)[C@@H](C)C(=O)N[C@H](C(=O)O)[C@@H](O)c1ccccc1)OC)N(C)C(=O)[C@@H](NC(=O)[C@H](C(C)C)N(C)CC(C)(C)SC(C)C)C(C)C. The summed E-state index contributed by atoms with van der Waals surface area (Å²) in [5.74, 6) is -3.92. The monoisotopic (exact) mass is 878 g/mol. The fourth-order valence-electron chi connectivity index (χ4n) is 9.07. The highest BCUT2D eigenvalue weighted by Gasteiger charge is 2.44. The second kappa shape index (κ2) is 24.6. The lowest BCUT2D eigenvalue weighted by atomic mass is 9.89. The van der Waals surface area contributed by atoms with E-state index < -0.39 is 66.3 Å². The third-order valence-corrected chi connectivity index (χ3v) is 13.3. The van der Waals surface area contributed by atoms with E-state index in [0.717, 1.165) is 0 Å². The molecule has 1 aliphatic heterocycles. The quantitative estimate of drug-likeness (QED) is 0.101. The first kappa shape index (κ1) is 53.9. The molecular weight excluding hydrogens is 799 g/mol. The number of carboxylic acid groups (broad SMARTS) is 1. The van der Waals surface area contributed by atoms with Crippen molar-refractivity contribution in [1.82, 2.24) is 25.3 Å². The Kier molecular flexibility index (Phi) is 21.7. The summed E-state index contributed by atoms with van der Waals surface area (Å²) in [7, 11) is 6.67. The highest BCUT2D eigenvalue weighted by Crippen LogP contribution is 2.32. The van der Waals surface area contributed by atoms with Gasteiger partial charge in [-0.1, -0.05) is 99.1 Å². The Labute approximate surface area is 370 Å². The Morgan fingerprint density at radius 1 is 0.902 bits per heavy atom. The van der Waals surface area contributed by atoms with Crippen LogP contribution in [0.3, 0.4) is 0 Å². The van der Waals surface area contributed by atoms with Crippen LogP contribution < -0.4 is 10.6 Å². The number of benzene rings is 1. The van der Waals surface area contributed by atoms with Crippen molar-refractivity contribution in [2.45, 2.75) is 160 Å². The molecule has 61 heavy (non-hydrogen) atoms. The first-order valence-corrected chi connectivity index (χ1v) is 22.9. The van der Waals surface area contributed by atoms with Gasteiger partial charge in [0, 0.05) is 39.1 Å². The van der Waals surface area contributed by atoms with Crippen LogP contribution in [0, 0.1) is 23.7 Å². The summed E-state index contributed by atoms with van der Waals surface area (Å²) in [4.78, 5) is 74.2. The molecule has 348 valence electrons. The number of ether oxygens (including phenoxy) is 2. The van der Waals surface area contributed by atoms with Crippen LogP contribution in [0.15, 0.2) is 30.3 Å². The smallest absolute Gasteiger partial charge is 0.329 e. The minimum absolute atomic E-state index is 0.0130. The largest absolute Gasteiger partial charge is 0.480 e. The van der Waals surface area contributed by atoms with E-state index in [9.17, 15) is 34.2 Å². The Balaban J connectivity index is 2.31. The number of carbonyl (C=O) groups is 5. The van der Waals surface area contributed by atoms with Crippen molar-refractivity contribution in [2.24, 2.45) is 23.7 Å². The summed E-state index contributed by atoms with van der Waals surface area (Å²) in [5.41, 5.74) is 0.345. The first-order valence-electron chi connectivity index (χ1n) is 22.0. The maximum atomic E-state index is 14.6. The molecule has 0 aliphatic carbocycles.